The summed E-state index contributed by atoms with van der Waals surface area (Å²) in [5.74, 6) is 0. The van der Waals surface area contributed by atoms with E-state index in [0.29, 0.717) is 6.54 Å². The van der Waals surface area contributed by atoms with Gasteiger partial charge in [-0.05, 0) is 36.9 Å². The van der Waals surface area contributed by atoms with Gasteiger partial charge in [0.25, 0.3) is 0 Å². The van der Waals surface area contributed by atoms with Crippen LogP contribution in [0.2, 0.25) is 0 Å². The topological polar surface area (TPSA) is 48.0 Å². The fourth-order valence-electron chi connectivity index (χ4n) is 1.72. The molecule has 0 aliphatic rings. The van der Waals surface area contributed by atoms with Crippen molar-refractivity contribution >= 4 is 10.9 Å². The molecule has 3 heteroatoms. The van der Waals surface area contributed by atoms with E-state index in [1.54, 1.807) is 13.8 Å². The maximum absolute atomic E-state index is 9.57. The van der Waals surface area contributed by atoms with Gasteiger partial charge in [-0.2, -0.15) is 0 Å². The van der Waals surface area contributed by atoms with Crippen molar-refractivity contribution in [2.75, 3.05) is 6.54 Å². The highest BCUT2D eigenvalue weighted by atomic mass is 16.3. The Morgan fingerprint density at radius 2 is 2.12 bits per heavy atom. The van der Waals surface area contributed by atoms with Crippen LogP contribution in [0.1, 0.15) is 19.4 Å². The van der Waals surface area contributed by atoms with Crippen LogP contribution in [0.3, 0.4) is 0 Å². The zero-order valence-corrected chi connectivity index (χ0v) is 9.75. The van der Waals surface area contributed by atoms with E-state index < -0.39 is 5.60 Å². The molecule has 3 N–H and O–H groups in total. The van der Waals surface area contributed by atoms with Gasteiger partial charge in [-0.3, -0.25) is 0 Å². The summed E-state index contributed by atoms with van der Waals surface area (Å²) in [6.45, 7) is 4.97. The van der Waals surface area contributed by atoms with Gasteiger partial charge in [0, 0.05) is 24.8 Å². The molecule has 0 spiro atoms. The predicted molar refractivity (Wildman–Crippen MR) is 66.3 cm³/mol. The first-order chi connectivity index (χ1) is 7.54. The summed E-state index contributed by atoms with van der Waals surface area (Å²) in [4.78, 5) is 3.19. The number of aliphatic hydroxyl groups is 1. The second-order valence-corrected chi connectivity index (χ2v) is 4.82. The number of rotatable bonds is 4. The zero-order valence-electron chi connectivity index (χ0n) is 9.75. The third-order valence-electron chi connectivity index (χ3n) is 2.51. The van der Waals surface area contributed by atoms with Crippen LogP contribution in [-0.2, 0) is 6.54 Å². The minimum atomic E-state index is -0.656. The molecular weight excluding hydrogens is 200 g/mol. The van der Waals surface area contributed by atoms with E-state index >= 15 is 0 Å². The number of hydrogen-bond donors (Lipinski definition) is 3. The molecule has 1 aromatic heterocycles. The highest BCUT2D eigenvalue weighted by Gasteiger charge is 2.10. The summed E-state index contributed by atoms with van der Waals surface area (Å²) < 4.78 is 0. The van der Waals surface area contributed by atoms with Crippen molar-refractivity contribution in [3.05, 3.63) is 36.0 Å². The predicted octanol–water partition coefficient (Wildman–Crippen LogP) is 2.03. The van der Waals surface area contributed by atoms with Gasteiger partial charge < -0.3 is 15.4 Å². The first-order valence-corrected chi connectivity index (χ1v) is 5.54. The largest absolute Gasteiger partial charge is 0.389 e. The monoisotopic (exact) mass is 218 g/mol. The molecule has 0 fully saturated rings. The van der Waals surface area contributed by atoms with Gasteiger partial charge in [-0.15, -0.1) is 0 Å². The Kier molecular flexibility index (Phi) is 2.99. The second kappa shape index (κ2) is 4.28. The van der Waals surface area contributed by atoms with Crippen LogP contribution in [0.5, 0.6) is 0 Å². The molecule has 0 aliphatic heterocycles. The fourth-order valence-corrected chi connectivity index (χ4v) is 1.72. The molecule has 0 saturated carbocycles. The number of fused-ring (bicyclic) bond motifs is 1. The summed E-state index contributed by atoms with van der Waals surface area (Å²) >= 11 is 0. The van der Waals surface area contributed by atoms with Crippen LogP contribution in [0, 0.1) is 0 Å². The summed E-state index contributed by atoms with van der Waals surface area (Å²) in [5.41, 5.74) is 1.72. The highest BCUT2D eigenvalue weighted by molar-refractivity contribution is 5.79. The second-order valence-electron chi connectivity index (χ2n) is 4.82. The summed E-state index contributed by atoms with van der Waals surface area (Å²) in [6, 6.07) is 8.40. The number of aromatic amines is 1. The van der Waals surface area contributed by atoms with Crippen molar-refractivity contribution < 1.29 is 5.11 Å². The normalized spacial score (nSPS) is 12.2. The van der Waals surface area contributed by atoms with E-state index in [2.05, 4.69) is 34.6 Å². The minimum absolute atomic E-state index is 0.593. The lowest BCUT2D eigenvalue weighted by molar-refractivity contribution is 0.0795. The number of H-pyrrole nitrogens is 1. The first kappa shape index (κ1) is 11.2. The van der Waals surface area contributed by atoms with Crippen molar-refractivity contribution in [2.24, 2.45) is 0 Å². The maximum Gasteiger partial charge on any atom is 0.0715 e. The fraction of sp³-hybridized carbons (Fsp3) is 0.385. The standard InChI is InChI=1S/C13H18N2O/c1-13(2,16)9-14-8-10-3-4-11-5-6-15-12(11)7-10/h3-7,14-16H,8-9H2,1-2H3. The molecule has 1 aromatic carbocycles. The lowest BCUT2D eigenvalue weighted by Crippen LogP contribution is -2.34. The number of benzene rings is 1. The van der Waals surface area contributed by atoms with Crippen LogP contribution in [-0.4, -0.2) is 22.2 Å². The highest BCUT2D eigenvalue weighted by Crippen LogP contribution is 2.14. The van der Waals surface area contributed by atoms with Crippen LogP contribution >= 0.6 is 0 Å². The van der Waals surface area contributed by atoms with Crippen molar-refractivity contribution in [1.82, 2.24) is 10.3 Å². The van der Waals surface area contributed by atoms with Crippen LogP contribution in [0.15, 0.2) is 30.5 Å². The number of hydrogen-bond acceptors (Lipinski definition) is 2. The summed E-state index contributed by atoms with van der Waals surface area (Å²) in [7, 11) is 0. The molecule has 86 valence electrons. The molecule has 3 nitrogen and oxygen atoms in total. The van der Waals surface area contributed by atoms with E-state index in [-0.39, 0.29) is 0 Å². The smallest absolute Gasteiger partial charge is 0.0715 e. The molecule has 2 aromatic rings. The van der Waals surface area contributed by atoms with E-state index in [1.807, 2.05) is 6.20 Å². The molecule has 0 amide bonds. The van der Waals surface area contributed by atoms with Gasteiger partial charge in [0.1, 0.15) is 0 Å². The molecule has 2 rings (SSSR count). The lowest BCUT2D eigenvalue weighted by Gasteiger charge is -2.17. The number of nitrogens with one attached hydrogen (secondary N) is 2. The van der Waals surface area contributed by atoms with Gasteiger partial charge in [0.15, 0.2) is 0 Å². The SMILES string of the molecule is CC(C)(O)CNCc1ccc2cc[nH]c2c1. The number of aromatic nitrogens is 1. The van der Waals surface area contributed by atoms with Gasteiger partial charge >= 0.3 is 0 Å². The molecule has 0 saturated heterocycles. The Morgan fingerprint density at radius 1 is 1.31 bits per heavy atom. The van der Waals surface area contributed by atoms with Crippen LogP contribution < -0.4 is 5.32 Å². The molecule has 0 aliphatic carbocycles. The van der Waals surface area contributed by atoms with Crippen molar-refractivity contribution in [2.45, 2.75) is 26.0 Å². The van der Waals surface area contributed by atoms with Crippen molar-refractivity contribution in [1.29, 1.82) is 0 Å². The van der Waals surface area contributed by atoms with Crippen LogP contribution in [0.4, 0.5) is 0 Å². The van der Waals surface area contributed by atoms with Gasteiger partial charge in [-0.1, -0.05) is 12.1 Å². The molecule has 0 radical (unpaired) electrons. The minimum Gasteiger partial charge on any atom is -0.389 e. The molecule has 16 heavy (non-hydrogen) atoms. The van der Waals surface area contributed by atoms with E-state index in [0.717, 1.165) is 12.1 Å². The molecular formula is C13H18N2O. The average Bonchev–Trinajstić information content (AvgIpc) is 2.62. The third-order valence-corrected chi connectivity index (χ3v) is 2.51. The van der Waals surface area contributed by atoms with Crippen LogP contribution in [0.25, 0.3) is 10.9 Å². The maximum atomic E-state index is 9.57. The third kappa shape index (κ3) is 2.84. The molecule has 0 unspecified atom stereocenters. The lowest BCUT2D eigenvalue weighted by atomic mass is 10.1. The van der Waals surface area contributed by atoms with E-state index in [4.69, 9.17) is 0 Å². The van der Waals surface area contributed by atoms with Crippen molar-refractivity contribution in [3.63, 3.8) is 0 Å². The van der Waals surface area contributed by atoms with Gasteiger partial charge in [-0.25, -0.2) is 0 Å². The Balaban J connectivity index is 1.99. The Morgan fingerprint density at radius 3 is 2.88 bits per heavy atom. The van der Waals surface area contributed by atoms with Gasteiger partial charge in [0.2, 0.25) is 0 Å². The Bertz CT molecular complexity index is 468. The van der Waals surface area contributed by atoms with E-state index in [1.165, 1.54) is 10.9 Å². The zero-order chi connectivity index (χ0) is 11.6. The Hall–Kier alpha value is -1.32. The average molecular weight is 218 g/mol. The molecule has 1 heterocycles. The van der Waals surface area contributed by atoms with Gasteiger partial charge in [0.05, 0.1) is 5.60 Å². The summed E-state index contributed by atoms with van der Waals surface area (Å²) in [5, 5.41) is 14.0. The quantitative estimate of drug-likeness (QED) is 0.735. The Labute approximate surface area is 95.5 Å². The molecule has 0 atom stereocenters. The molecule has 0 bridgehead atoms. The first-order valence-electron chi connectivity index (χ1n) is 5.54. The van der Waals surface area contributed by atoms with Crippen molar-refractivity contribution in [3.8, 4) is 0 Å². The summed E-state index contributed by atoms with van der Waals surface area (Å²) in [6.07, 6.45) is 1.94. The van der Waals surface area contributed by atoms with E-state index in [9.17, 15) is 5.11 Å².